The topological polar surface area (TPSA) is 69.2 Å². The molecule has 1 amide bonds. The average molecular weight is 314 g/mol. The number of methoxy groups -OCH3 is 1. The van der Waals surface area contributed by atoms with E-state index in [4.69, 9.17) is 14.3 Å². The first kappa shape index (κ1) is 16.4. The highest BCUT2D eigenvalue weighted by Gasteiger charge is 2.23. The smallest absolute Gasteiger partial charge is 0.273 e. The highest BCUT2D eigenvalue weighted by Crippen LogP contribution is 2.32. The molecule has 2 aromatic rings. The highest BCUT2D eigenvalue weighted by molar-refractivity contribution is 6.46. The lowest BCUT2D eigenvalue weighted by Gasteiger charge is -2.15. The molecule has 0 bridgehead atoms. The number of para-hydroxylation sites is 1. The van der Waals surface area contributed by atoms with Crippen molar-refractivity contribution in [3.8, 4) is 17.2 Å². The maximum atomic E-state index is 12.1. The van der Waals surface area contributed by atoms with Crippen LogP contribution in [0, 0.1) is 0 Å². The van der Waals surface area contributed by atoms with Gasteiger partial charge in [0.05, 0.1) is 12.7 Å². The Bertz CT molecular complexity index is 699. The molecule has 0 aromatic heterocycles. The SMILES string of the molecule is CNC(=O)C(=NOC)c1c(OC)cccc1Oc1ccccc1. The van der Waals surface area contributed by atoms with Crippen LogP contribution in [-0.2, 0) is 9.63 Å². The average Bonchev–Trinajstić information content (AvgIpc) is 2.60. The Labute approximate surface area is 134 Å². The third-order valence-corrected chi connectivity index (χ3v) is 3.04. The molecule has 0 saturated heterocycles. The molecule has 0 aliphatic carbocycles. The maximum absolute atomic E-state index is 12.1. The van der Waals surface area contributed by atoms with E-state index in [0.29, 0.717) is 22.8 Å². The number of likely N-dealkylation sites (N-methyl/N-ethyl adjacent to an activating group) is 1. The molecule has 2 rings (SSSR count). The van der Waals surface area contributed by atoms with E-state index in [2.05, 4.69) is 10.5 Å². The quantitative estimate of drug-likeness (QED) is 0.657. The first-order valence-electron chi connectivity index (χ1n) is 6.94. The minimum absolute atomic E-state index is 0.0679. The van der Waals surface area contributed by atoms with E-state index in [0.717, 1.165) is 0 Å². The molecule has 6 nitrogen and oxygen atoms in total. The zero-order valence-corrected chi connectivity index (χ0v) is 13.2. The third kappa shape index (κ3) is 3.79. The van der Waals surface area contributed by atoms with Gasteiger partial charge in [-0.25, -0.2) is 0 Å². The van der Waals surface area contributed by atoms with Gasteiger partial charge in [0, 0.05) is 7.05 Å². The lowest BCUT2D eigenvalue weighted by atomic mass is 10.1. The van der Waals surface area contributed by atoms with Crippen molar-refractivity contribution in [2.24, 2.45) is 5.16 Å². The predicted octanol–water partition coefficient (Wildman–Crippen LogP) is 2.58. The molecule has 0 aliphatic rings. The molecule has 0 spiro atoms. The van der Waals surface area contributed by atoms with Crippen LogP contribution in [-0.4, -0.2) is 32.9 Å². The zero-order chi connectivity index (χ0) is 16.7. The van der Waals surface area contributed by atoms with Gasteiger partial charge in [0.1, 0.15) is 24.4 Å². The molecular formula is C17H18N2O4. The molecular weight excluding hydrogens is 296 g/mol. The summed E-state index contributed by atoms with van der Waals surface area (Å²) in [6.07, 6.45) is 0. The Morgan fingerprint density at radius 3 is 2.30 bits per heavy atom. The summed E-state index contributed by atoms with van der Waals surface area (Å²) in [5.41, 5.74) is 0.485. The number of nitrogens with one attached hydrogen (secondary N) is 1. The van der Waals surface area contributed by atoms with Gasteiger partial charge in [-0.3, -0.25) is 4.79 Å². The van der Waals surface area contributed by atoms with E-state index in [9.17, 15) is 4.79 Å². The Morgan fingerprint density at radius 2 is 1.70 bits per heavy atom. The van der Waals surface area contributed by atoms with E-state index in [1.54, 1.807) is 18.2 Å². The first-order valence-corrected chi connectivity index (χ1v) is 6.94. The molecule has 23 heavy (non-hydrogen) atoms. The third-order valence-electron chi connectivity index (χ3n) is 3.04. The van der Waals surface area contributed by atoms with Crippen molar-refractivity contribution in [2.75, 3.05) is 21.3 Å². The number of ether oxygens (including phenoxy) is 2. The zero-order valence-electron chi connectivity index (χ0n) is 13.2. The van der Waals surface area contributed by atoms with Crippen LogP contribution in [0.2, 0.25) is 0 Å². The van der Waals surface area contributed by atoms with E-state index in [1.165, 1.54) is 21.3 Å². The molecule has 0 heterocycles. The first-order chi connectivity index (χ1) is 11.2. The van der Waals surface area contributed by atoms with E-state index >= 15 is 0 Å². The van der Waals surface area contributed by atoms with Crippen molar-refractivity contribution in [3.63, 3.8) is 0 Å². The summed E-state index contributed by atoms with van der Waals surface area (Å²) in [7, 11) is 4.40. The second-order valence-corrected chi connectivity index (χ2v) is 4.45. The van der Waals surface area contributed by atoms with Crippen LogP contribution >= 0.6 is 0 Å². The second-order valence-electron chi connectivity index (χ2n) is 4.45. The van der Waals surface area contributed by atoms with Crippen LogP contribution in [0.25, 0.3) is 0 Å². The van der Waals surface area contributed by atoms with Gasteiger partial charge in [0.25, 0.3) is 5.91 Å². The number of carbonyl (C=O) groups is 1. The molecule has 0 atom stereocenters. The molecule has 120 valence electrons. The molecule has 0 fully saturated rings. The van der Waals surface area contributed by atoms with Crippen LogP contribution in [0.1, 0.15) is 5.56 Å². The van der Waals surface area contributed by atoms with Gasteiger partial charge >= 0.3 is 0 Å². The van der Waals surface area contributed by atoms with Crippen LogP contribution < -0.4 is 14.8 Å². The summed E-state index contributed by atoms with van der Waals surface area (Å²) < 4.78 is 11.2. The van der Waals surface area contributed by atoms with Gasteiger partial charge in [-0.1, -0.05) is 29.4 Å². The van der Waals surface area contributed by atoms with Crippen LogP contribution in [0.15, 0.2) is 53.7 Å². The van der Waals surface area contributed by atoms with Crippen LogP contribution in [0.4, 0.5) is 0 Å². The van der Waals surface area contributed by atoms with Crippen molar-refractivity contribution in [3.05, 3.63) is 54.1 Å². The molecule has 0 unspecified atom stereocenters. The van der Waals surface area contributed by atoms with Gasteiger partial charge in [0.2, 0.25) is 0 Å². The Hall–Kier alpha value is -3.02. The number of amides is 1. The number of benzene rings is 2. The molecule has 0 aliphatic heterocycles. The largest absolute Gasteiger partial charge is 0.496 e. The number of hydrogen-bond donors (Lipinski definition) is 1. The minimum Gasteiger partial charge on any atom is -0.496 e. The van der Waals surface area contributed by atoms with Gasteiger partial charge < -0.3 is 19.6 Å². The van der Waals surface area contributed by atoms with Crippen molar-refractivity contribution in [1.29, 1.82) is 0 Å². The van der Waals surface area contributed by atoms with E-state index in [1.807, 2.05) is 30.3 Å². The molecule has 2 aromatic carbocycles. The normalized spacial score (nSPS) is 10.8. The van der Waals surface area contributed by atoms with Crippen LogP contribution in [0.3, 0.4) is 0 Å². The number of nitrogens with zero attached hydrogens (tertiary/aromatic N) is 1. The summed E-state index contributed by atoms with van der Waals surface area (Å²) in [5, 5.41) is 6.35. The predicted molar refractivity (Wildman–Crippen MR) is 87.1 cm³/mol. The Kier molecular flexibility index (Phi) is 5.57. The summed E-state index contributed by atoms with van der Waals surface area (Å²) in [6, 6.07) is 14.5. The lowest BCUT2D eigenvalue weighted by molar-refractivity contribution is -0.114. The maximum Gasteiger partial charge on any atom is 0.273 e. The molecule has 0 saturated carbocycles. The lowest BCUT2D eigenvalue weighted by Crippen LogP contribution is -2.29. The fraction of sp³-hybridized carbons (Fsp3) is 0.176. The number of hydrogen-bond acceptors (Lipinski definition) is 5. The van der Waals surface area contributed by atoms with E-state index < -0.39 is 5.91 Å². The van der Waals surface area contributed by atoms with Gasteiger partial charge in [-0.05, 0) is 24.3 Å². The summed E-state index contributed by atoms with van der Waals surface area (Å²) in [4.78, 5) is 16.9. The van der Waals surface area contributed by atoms with Crippen molar-refractivity contribution in [2.45, 2.75) is 0 Å². The Balaban J connectivity index is 2.55. The van der Waals surface area contributed by atoms with Crippen molar-refractivity contribution >= 4 is 11.6 Å². The number of carbonyl (C=O) groups excluding carboxylic acids is 1. The van der Waals surface area contributed by atoms with Gasteiger partial charge in [0.15, 0.2) is 5.71 Å². The standard InChI is InChI=1S/C17H18N2O4/c1-18-17(20)16(19-22-3)15-13(21-2)10-7-11-14(15)23-12-8-5-4-6-9-12/h4-11H,1-3H3,(H,18,20). The minimum atomic E-state index is -0.408. The fourth-order valence-corrected chi connectivity index (χ4v) is 2.03. The van der Waals surface area contributed by atoms with Crippen molar-refractivity contribution in [1.82, 2.24) is 5.32 Å². The van der Waals surface area contributed by atoms with Crippen LogP contribution in [0.5, 0.6) is 17.2 Å². The summed E-state index contributed by atoms with van der Waals surface area (Å²) in [6.45, 7) is 0. The number of oxime groups is 1. The fourth-order valence-electron chi connectivity index (χ4n) is 2.03. The molecule has 0 radical (unpaired) electrons. The Morgan fingerprint density at radius 1 is 1.00 bits per heavy atom. The van der Waals surface area contributed by atoms with Gasteiger partial charge in [-0.15, -0.1) is 0 Å². The van der Waals surface area contributed by atoms with Crippen molar-refractivity contribution < 1.29 is 19.1 Å². The molecule has 1 N–H and O–H groups in total. The summed E-state index contributed by atoms with van der Waals surface area (Å²) >= 11 is 0. The second kappa shape index (κ2) is 7.84. The molecule has 6 heteroatoms. The monoisotopic (exact) mass is 314 g/mol. The van der Waals surface area contributed by atoms with E-state index in [-0.39, 0.29) is 5.71 Å². The number of rotatable bonds is 6. The summed E-state index contributed by atoms with van der Waals surface area (Å²) in [5.74, 6) is 1.12. The highest BCUT2D eigenvalue weighted by atomic mass is 16.6. The van der Waals surface area contributed by atoms with Gasteiger partial charge in [-0.2, -0.15) is 0 Å².